The molecule has 0 fully saturated rings. The average Bonchev–Trinajstić information content (AvgIpc) is 3.38. The van der Waals surface area contributed by atoms with Crippen molar-refractivity contribution in [1.29, 1.82) is 0 Å². The highest BCUT2D eigenvalue weighted by atomic mass is 35.5. The van der Waals surface area contributed by atoms with Gasteiger partial charge >= 0.3 is 0 Å². The van der Waals surface area contributed by atoms with Crippen molar-refractivity contribution in [1.82, 2.24) is 19.3 Å². The van der Waals surface area contributed by atoms with Gasteiger partial charge in [-0.2, -0.15) is 5.10 Å². The van der Waals surface area contributed by atoms with Gasteiger partial charge < -0.3 is 9.67 Å². The highest BCUT2D eigenvalue weighted by molar-refractivity contribution is 6.31. The minimum atomic E-state index is -1.80. The molecule has 32 heavy (non-hydrogen) atoms. The molecule has 4 aromatic rings. The Kier molecular flexibility index (Phi) is 6.16. The SMILES string of the molecule is OC(Cn1cncn1)(Cn1ccc(C=Cc2ccc(F)cc2)c1Cl)c1ccc(F)cc1F. The largest absolute Gasteiger partial charge is 0.381 e. The van der Waals surface area contributed by atoms with Crippen molar-refractivity contribution in [3.63, 3.8) is 0 Å². The number of hydrogen-bond donors (Lipinski definition) is 1. The van der Waals surface area contributed by atoms with Gasteiger partial charge in [0.2, 0.25) is 0 Å². The molecule has 4 rings (SSSR count). The average molecular weight is 459 g/mol. The molecule has 0 bridgehead atoms. The molecular weight excluding hydrogens is 441 g/mol. The third kappa shape index (κ3) is 4.76. The van der Waals surface area contributed by atoms with E-state index in [-0.39, 0.29) is 24.5 Å². The van der Waals surface area contributed by atoms with Crippen LogP contribution < -0.4 is 0 Å². The molecule has 9 heteroatoms. The van der Waals surface area contributed by atoms with E-state index in [1.54, 1.807) is 41.1 Å². The highest BCUT2D eigenvalue weighted by Crippen LogP contribution is 2.31. The molecule has 0 amide bonds. The Hall–Kier alpha value is -3.36. The van der Waals surface area contributed by atoms with Crippen LogP contribution in [0.3, 0.4) is 0 Å². The summed E-state index contributed by atoms with van der Waals surface area (Å²) in [4.78, 5) is 3.85. The van der Waals surface area contributed by atoms with Crippen molar-refractivity contribution in [2.75, 3.05) is 0 Å². The molecule has 0 radical (unpaired) electrons. The summed E-state index contributed by atoms with van der Waals surface area (Å²) in [5, 5.41) is 15.8. The molecule has 5 nitrogen and oxygen atoms in total. The Morgan fingerprint density at radius 2 is 1.72 bits per heavy atom. The maximum Gasteiger partial charge on any atom is 0.137 e. The molecule has 0 aliphatic carbocycles. The van der Waals surface area contributed by atoms with Gasteiger partial charge in [0.25, 0.3) is 0 Å². The number of aliphatic hydroxyl groups is 1. The fourth-order valence-electron chi connectivity index (χ4n) is 3.43. The molecule has 2 aromatic carbocycles. The van der Waals surface area contributed by atoms with Crippen molar-refractivity contribution in [3.05, 3.63) is 107 Å². The molecule has 164 valence electrons. The first kappa shape index (κ1) is 21.9. The normalized spacial score (nSPS) is 13.5. The van der Waals surface area contributed by atoms with Gasteiger partial charge in [-0.1, -0.05) is 42.0 Å². The van der Waals surface area contributed by atoms with E-state index in [1.807, 2.05) is 0 Å². The van der Waals surface area contributed by atoms with Crippen LogP contribution in [0.5, 0.6) is 0 Å². The summed E-state index contributed by atoms with van der Waals surface area (Å²) in [5.41, 5.74) is -0.459. The summed E-state index contributed by atoms with van der Waals surface area (Å²) in [6.45, 7) is -0.260. The molecular formula is C23H18ClF3N4O. The third-order valence-electron chi connectivity index (χ3n) is 5.00. The molecule has 0 saturated heterocycles. The van der Waals surface area contributed by atoms with Crippen molar-refractivity contribution in [2.45, 2.75) is 18.7 Å². The predicted molar refractivity (Wildman–Crippen MR) is 115 cm³/mol. The Morgan fingerprint density at radius 1 is 0.969 bits per heavy atom. The first-order chi connectivity index (χ1) is 15.3. The maximum atomic E-state index is 14.6. The minimum Gasteiger partial charge on any atom is -0.381 e. The summed E-state index contributed by atoms with van der Waals surface area (Å²) in [6, 6.07) is 10.7. The molecule has 1 unspecified atom stereocenters. The molecule has 0 spiro atoms. The van der Waals surface area contributed by atoms with Crippen LogP contribution in [0.4, 0.5) is 13.2 Å². The Labute approximate surface area is 187 Å². The van der Waals surface area contributed by atoms with Gasteiger partial charge in [0.05, 0.1) is 13.1 Å². The van der Waals surface area contributed by atoms with Gasteiger partial charge in [-0.15, -0.1) is 0 Å². The van der Waals surface area contributed by atoms with Gasteiger partial charge in [-0.25, -0.2) is 22.8 Å². The van der Waals surface area contributed by atoms with E-state index in [0.717, 1.165) is 17.7 Å². The van der Waals surface area contributed by atoms with E-state index in [4.69, 9.17) is 11.6 Å². The number of rotatable bonds is 7. The van der Waals surface area contributed by atoms with Gasteiger partial charge in [-0.05, 0) is 29.8 Å². The second kappa shape index (κ2) is 9.02. The first-order valence-corrected chi connectivity index (χ1v) is 10.0. The zero-order chi connectivity index (χ0) is 22.7. The predicted octanol–water partition coefficient (Wildman–Crippen LogP) is 4.91. The van der Waals surface area contributed by atoms with Gasteiger partial charge in [-0.3, -0.25) is 0 Å². The first-order valence-electron chi connectivity index (χ1n) is 9.63. The van der Waals surface area contributed by atoms with Crippen molar-refractivity contribution in [3.8, 4) is 0 Å². The monoisotopic (exact) mass is 458 g/mol. The lowest BCUT2D eigenvalue weighted by Crippen LogP contribution is -2.37. The molecule has 0 aliphatic heterocycles. The van der Waals surface area contributed by atoms with E-state index in [1.165, 1.54) is 35.5 Å². The molecule has 0 aliphatic rings. The topological polar surface area (TPSA) is 55.9 Å². The number of benzene rings is 2. The van der Waals surface area contributed by atoms with Crippen LogP contribution in [-0.4, -0.2) is 24.4 Å². The van der Waals surface area contributed by atoms with Gasteiger partial charge in [0.15, 0.2) is 0 Å². The Morgan fingerprint density at radius 3 is 2.41 bits per heavy atom. The highest BCUT2D eigenvalue weighted by Gasteiger charge is 2.34. The number of aromatic nitrogens is 4. The number of halogens is 4. The molecule has 2 heterocycles. The van der Waals surface area contributed by atoms with Crippen LogP contribution in [0.25, 0.3) is 12.2 Å². The summed E-state index contributed by atoms with van der Waals surface area (Å²) in [6.07, 6.45) is 7.86. The van der Waals surface area contributed by atoms with Gasteiger partial charge in [0, 0.05) is 23.4 Å². The summed E-state index contributed by atoms with van der Waals surface area (Å²) in [5.74, 6) is -1.96. The summed E-state index contributed by atoms with van der Waals surface area (Å²) >= 11 is 6.51. The van der Waals surface area contributed by atoms with E-state index < -0.39 is 17.2 Å². The second-order valence-corrected chi connectivity index (χ2v) is 7.68. The zero-order valence-corrected chi connectivity index (χ0v) is 17.4. The quantitative estimate of drug-likeness (QED) is 0.428. The van der Waals surface area contributed by atoms with Crippen molar-refractivity contribution < 1.29 is 18.3 Å². The molecule has 1 atom stereocenters. The van der Waals surface area contributed by atoms with E-state index in [2.05, 4.69) is 10.1 Å². The molecule has 2 aromatic heterocycles. The van der Waals surface area contributed by atoms with Crippen LogP contribution in [0, 0.1) is 17.5 Å². The van der Waals surface area contributed by atoms with Crippen molar-refractivity contribution in [2.24, 2.45) is 0 Å². The lowest BCUT2D eigenvalue weighted by atomic mass is 9.92. The minimum absolute atomic E-state index is 0.0948. The lowest BCUT2D eigenvalue weighted by molar-refractivity contribution is -0.00528. The maximum absolute atomic E-state index is 14.6. The van der Waals surface area contributed by atoms with Crippen LogP contribution in [0.15, 0.2) is 67.4 Å². The molecule has 0 saturated carbocycles. The van der Waals surface area contributed by atoms with E-state index >= 15 is 0 Å². The fraction of sp³-hybridized carbons (Fsp3) is 0.130. The lowest BCUT2D eigenvalue weighted by Gasteiger charge is -2.30. The number of nitrogens with zero attached hydrogens (tertiary/aromatic N) is 4. The van der Waals surface area contributed by atoms with Crippen molar-refractivity contribution >= 4 is 23.8 Å². The molecule has 1 N–H and O–H groups in total. The third-order valence-corrected chi connectivity index (χ3v) is 5.44. The van der Waals surface area contributed by atoms with E-state index in [9.17, 15) is 18.3 Å². The summed E-state index contributed by atoms with van der Waals surface area (Å²) in [7, 11) is 0. The van der Waals surface area contributed by atoms with Crippen LogP contribution in [0.1, 0.15) is 16.7 Å². The summed E-state index contributed by atoms with van der Waals surface area (Å²) < 4.78 is 44.0. The smallest absolute Gasteiger partial charge is 0.137 e. The van der Waals surface area contributed by atoms with Crippen LogP contribution in [0.2, 0.25) is 5.15 Å². The Balaban J connectivity index is 1.64. The fourth-order valence-corrected chi connectivity index (χ4v) is 3.67. The van der Waals surface area contributed by atoms with Crippen LogP contribution in [-0.2, 0) is 18.7 Å². The van der Waals surface area contributed by atoms with Crippen LogP contribution >= 0.6 is 11.6 Å². The van der Waals surface area contributed by atoms with E-state index in [0.29, 0.717) is 10.7 Å². The standard InChI is InChI=1S/C23H18ClF3N4O/c24-22-17(4-1-16-2-5-18(25)6-3-16)9-10-30(22)12-23(32,13-31-15-28-14-29-31)20-8-7-19(26)11-21(20)27/h1-11,14-15,32H,12-13H2. The van der Waals surface area contributed by atoms with Gasteiger partial charge in [0.1, 0.15) is 40.9 Å². The second-order valence-electron chi connectivity index (χ2n) is 7.32. The zero-order valence-electron chi connectivity index (χ0n) is 16.7. The number of hydrogen-bond acceptors (Lipinski definition) is 3. The Bertz CT molecular complexity index is 1240.